The molecule has 0 aromatic heterocycles. The van der Waals surface area contributed by atoms with E-state index in [1.54, 1.807) is 0 Å². The van der Waals surface area contributed by atoms with Crippen molar-refractivity contribution in [2.24, 2.45) is 0 Å². The van der Waals surface area contributed by atoms with Crippen LogP contribution in [-0.2, 0) is 6.42 Å². The van der Waals surface area contributed by atoms with Gasteiger partial charge in [0.1, 0.15) is 0 Å². The molecule has 0 spiro atoms. The Morgan fingerprint density at radius 1 is 1.05 bits per heavy atom. The highest BCUT2D eigenvalue weighted by atomic mass is 15.1. The van der Waals surface area contributed by atoms with Crippen LogP contribution in [0.3, 0.4) is 0 Å². The van der Waals surface area contributed by atoms with Crippen LogP contribution in [0.1, 0.15) is 36.1 Å². The van der Waals surface area contributed by atoms with E-state index in [-0.39, 0.29) is 5.54 Å². The molecule has 0 aliphatic carbocycles. The first kappa shape index (κ1) is 16.2. The van der Waals surface area contributed by atoms with Gasteiger partial charge in [0.2, 0.25) is 0 Å². The topological polar surface area (TPSA) is 15.3 Å². The number of benzene rings is 1. The lowest BCUT2D eigenvalue weighted by molar-refractivity contribution is 0.246. The molecule has 0 unspecified atom stereocenters. The summed E-state index contributed by atoms with van der Waals surface area (Å²) < 4.78 is 0. The number of nitrogens with one attached hydrogen (secondary N) is 1. The highest BCUT2D eigenvalue weighted by Gasteiger charge is 2.17. The minimum Gasteiger partial charge on any atom is -0.314 e. The Bertz CT molecular complexity index is 422. The predicted molar refractivity (Wildman–Crippen MR) is 85.0 cm³/mol. The van der Waals surface area contributed by atoms with Crippen LogP contribution in [0.4, 0.5) is 0 Å². The monoisotopic (exact) mass is 262 g/mol. The van der Waals surface area contributed by atoms with Crippen molar-refractivity contribution >= 4 is 0 Å². The minimum absolute atomic E-state index is 0.174. The van der Waals surface area contributed by atoms with Crippen LogP contribution in [0.15, 0.2) is 12.1 Å². The molecule has 2 heteroatoms. The van der Waals surface area contributed by atoms with Gasteiger partial charge in [0.25, 0.3) is 0 Å². The van der Waals surface area contributed by atoms with Gasteiger partial charge >= 0.3 is 0 Å². The molecule has 0 heterocycles. The smallest absolute Gasteiger partial charge is 0.0249 e. The van der Waals surface area contributed by atoms with E-state index >= 15 is 0 Å². The summed E-state index contributed by atoms with van der Waals surface area (Å²) >= 11 is 0. The summed E-state index contributed by atoms with van der Waals surface area (Å²) in [5.74, 6) is 0. The molecule has 0 saturated carbocycles. The molecule has 19 heavy (non-hydrogen) atoms. The van der Waals surface area contributed by atoms with Crippen molar-refractivity contribution in [2.75, 3.05) is 27.2 Å². The Morgan fingerprint density at radius 3 is 2.21 bits per heavy atom. The molecule has 0 bridgehead atoms. The van der Waals surface area contributed by atoms with E-state index in [1.807, 2.05) is 7.05 Å². The highest BCUT2D eigenvalue weighted by Crippen LogP contribution is 2.16. The third kappa shape index (κ3) is 4.96. The van der Waals surface area contributed by atoms with Gasteiger partial charge in [0, 0.05) is 18.6 Å². The second kappa shape index (κ2) is 6.53. The van der Waals surface area contributed by atoms with Crippen molar-refractivity contribution in [2.45, 2.75) is 46.6 Å². The lowest BCUT2D eigenvalue weighted by Gasteiger charge is -2.30. The Kier molecular flexibility index (Phi) is 5.57. The molecule has 1 rings (SSSR count). The van der Waals surface area contributed by atoms with Crippen LogP contribution in [-0.4, -0.2) is 37.6 Å². The number of nitrogens with zero attached hydrogens (tertiary/aromatic N) is 1. The number of rotatable bonds is 6. The van der Waals surface area contributed by atoms with Gasteiger partial charge in [-0.1, -0.05) is 12.1 Å². The van der Waals surface area contributed by atoms with Crippen molar-refractivity contribution < 1.29 is 0 Å². The lowest BCUT2D eigenvalue weighted by atomic mass is 9.98. The molecule has 0 fully saturated rings. The van der Waals surface area contributed by atoms with Crippen LogP contribution in [0.5, 0.6) is 0 Å². The number of likely N-dealkylation sites (N-methyl/N-ethyl adjacent to an activating group) is 2. The Labute approximate surface area is 119 Å². The molecular formula is C17H30N2. The molecule has 1 N–H and O–H groups in total. The Balaban J connectivity index is 2.60. The lowest BCUT2D eigenvalue weighted by Crippen LogP contribution is -2.46. The standard InChI is InChI=1S/C17H30N2/c1-13-10-15(3)16(11-14(13)2)8-9-19(7)12-17(4,5)18-6/h10-11,18H,8-9,12H2,1-7H3. The Morgan fingerprint density at radius 2 is 1.63 bits per heavy atom. The van der Waals surface area contributed by atoms with Gasteiger partial charge in [-0.05, 0) is 77.4 Å². The highest BCUT2D eigenvalue weighted by molar-refractivity contribution is 5.36. The van der Waals surface area contributed by atoms with Gasteiger partial charge in [-0.25, -0.2) is 0 Å². The van der Waals surface area contributed by atoms with Crippen LogP contribution < -0.4 is 5.32 Å². The SMILES string of the molecule is CNC(C)(C)CN(C)CCc1cc(C)c(C)cc1C. The Hall–Kier alpha value is -0.860. The summed E-state index contributed by atoms with van der Waals surface area (Å²) in [5.41, 5.74) is 5.87. The van der Waals surface area contributed by atoms with Crippen LogP contribution in [0, 0.1) is 20.8 Å². The average Bonchev–Trinajstić information content (AvgIpc) is 2.31. The molecule has 0 amide bonds. The average molecular weight is 262 g/mol. The second-order valence-electron chi connectivity index (χ2n) is 6.48. The maximum absolute atomic E-state index is 3.36. The van der Waals surface area contributed by atoms with Crippen LogP contribution in [0.25, 0.3) is 0 Å². The minimum atomic E-state index is 0.174. The first-order valence-electron chi connectivity index (χ1n) is 7.19. The van der Waals surface area contributed by atoms with Gasteiger partial charge in [-0.2, -0.15) is 0 Å². The second-order valence-corrected chi connectivity index (χ2v) is 6.48. The van der Waals surface area contributed by atoms with E-state index in [0.29, 0.717) is 0 Å². The third-order valence-corrected chi connectivity index (χ3v) is 4.06. The van der Waals surface area contributed by atoms with Gasteiger partial charge in [-0.3, -0.25) is 0 Å². The van der Waals surface area contributed by atoms with Crippen molar-refractivity contribution in [1.29, 1.82) is 0 Å². The number of hydrogen-bond acceptors (Lipinski definition) is 2. The van der Waals surface area contributed by atoms with E-state index in [2.05, 4.69) is 64.0 Å². The molecule has 0 radical (unpaired) electrons. The van der Waals surface area contributed by atoms with Gasteiger partial charge in [-0.15, -0.1) is 0 Å². The van der Waals surface area contributed by atoms with Gasteiger partial charge < -0.3 is 10.2 Å². The quantitative estimate of drug-likeness (QED) is 0.847. The van der Waals surface area contributed by atoms with Gasteiger partial charge in [0.15, 0.2) is 0 Å². The molecule has 1 aromatic rings. The van der Waals surface area contributed by atoms with E-state index in [4.69, 9.17) is 0 Å². The fraction of sp³-hybridized carbons (Fsp3) is 0.647. The van der Waals surface area contributed by atoms with E-state index in [9.17, 15) is 0 Å². The first-order valence-corrected chi connectivity index (χ1v) is 7.19. The molecule has 108 valence electrons. The van der Waals surface area contributed by atoms with Gasteiger partial charge in [0.05, 0.1) is 0 Å². The molecule has 0 saturated heterocycles. The molecule has 0 aliphatic rings. The summed E-state index contributed by atoms with van der Waals surface area (Å²) in [6.45, 7) is 13.3. The predicted octanol–water partition coefficient (Wildman–Crippen LogP) is 3.08. The largest absolute Gasteiger partial charge is 0.314 e. The van der Waals surface area contributed by atoms with Crippen LogP contribution in [0.2, 0.25) is 0 Å². The zero-order chi connectivity index (χ0) is 14.6. The third-order valence-electron chi connectivity index (χ3n) is 4.06. The van der Waals surface area contributed by atoms with Crippen molar-refractivity contribution in [3.05, 3.63) is 34.4 Å². The molecular weight excluding hydrogens is 232 g/mol. The van der Waals surface area contributed by atoms with E-state index in [1.165, 1.54) is 22.3 Å². The molecule has 2 nitrogen and oxygen atoms in total. The summed E-state index contributed by atoms with van der Waals surface area (Å²) in [6.07, 6.45) is 1.13. The summed E-state index contributed by atoms with van der Waals surface area (Å²) in [4.78, 5) is 2.41. The number of aryl methyl sites for hydroxylation is 3. The van der Waals surface area contributed by atoms with Crippen molar-refractivity contribution in [3.63, 3.8) is 0 Å². The van der Waals surface area contributed by atoms with E-state index in [0.717, 1.165) is 19.5 Å². The molecule has 0 aliphatic heterocycles. The van der Waals surface area contributed by atoms with E-state index < -0.39 is 0 Å². The fourth-order valence-electron chi connectivity index (χ4n) is 2.43. The fourth-order valence-corrected chi connectivity index (χ4v) is 2.43. The zero-order valence-electron chi connectivity index (χ0n) is 13.7. The molecule has 0 atom stereocenters. The number of hydrogen-bond donors (Lipinski definition) is 1. The summed E-state index contributed by atoms with van der Waals surface area (Å²) in [6, 6.07) is 4.66. The first-order chi connectivity index (χ1) is 8.75. The normalized spacial score (nSPS) is 12.2. The van der Waals surface area contributed by atoms with Crippen LogP contribution >= 0.6 is 0 Å². The maximum atomic E-state index is 3.36. The summed E-state index contributed by atoms with van der Waals surface area (Å²) in [5, 5.41) is 3.36. The summed E-state index contributed by atoms with van der Waals surface area (Å²) in [7, 11) is 4.23. The molecule has 1 aromatic carbocycles. The van der Waals surface area contributed by atoms with Crippen molar-refractivity contribution in [1.82, 2.24) is 10.2 Å². The van der Waals surface area contributed by atoms with Crippen molar-refractivity contribution in [3.8, 4) is 0 Å². The zero-order valence-corrected chi connectivity index (χ0v) is 13.7. The maximum Gasteiger partial charge on any atom is 0.0249 e.